The van der Waals surface area contributed by atoms with Crippen molar-refractivity contribution >= 4 is 35.0 Å². The van der Waals surface area contributed by atoms with Crippen molar-refractivity contribution in [2.75, 3.05) is 19.0 Å². The van der Waals surface area contributed by atoms with Crippen LogP contribution in [0.5, 0.6) is 11.5 Å². The van der Waals surface area contributed by atoms with Gasteiger partial charge < -0.3 is 14.8 Å². The van der Waals surface area contributed by atoms with Crippen LogP contribution in [0.3, 0.4) is 0 Å². The molecule has 0 aliphatic rings. The summed E-state index contributed by atoms with van der Waals surface area (Å²) < 4.78 is 42.0. The van der Waals surface area contributed by atoms with Crippen LogP contribution in [0.1, 0.15) is 42.7 Å². The molecule has 45 heavy (non-hydrogen) atoms. The number of halogens is 3. The number of pyridine rings is 1. The molecule has 11 nitrogen and oxygen atoms in total. The number of H-pyrrole nitrogens is 1. The number of rotatable bonds is 11. The first-order valence-electron chi connectivity index (χ1n) is 13.8. The maximum absolute atomic E-state index is 15.3. The number of aromatic nitrogens is 5. The Morgan fingerprint density at radius 3 is 2.44 bits per heavy atom. The molecule has 0 amide bonds. The summed E-state index contributed by atoms with van der Waals surface area (Å²) in [5.41, 5.74) is -0.942. The van der Waals surface area contributed by atoms with E-state index in [0.29, 0.717) is 29.2 Å². The molecule has 5 rings (SSSR count). The van der Waals surface area contributed by atoms with Crippen LogP contribution in [-0.2, 0) is 11.2 Å². The number of nitrogens with zero attached hydrogens (tertiary/aromatic N) is 4. The predicted molar refractivity (Wildman–Crippen MR) is 167 cm³/mol. The van der Waals surface area contributed by atoms with E-state index in [-0.39, 0.29) is 53.5 Å². The second kappa shape index (κ2) is 13.8. The number of ketones is 1. The van der Waals surface area contributed by atoms with Gasteiger partial charge in [0.15, 0.2) is 28.8 Å². The Balaban J connectivity index is 0.00000461. The SMILES string of the molecule is COC[C@@H](C)Nc1n[nH]c2nccc(Oc3ccc(CC(=O)c4cn(C(C)C)c(=O)n(-c5ccc(F)cc5)c4=O)cc3F)c12.Cl. The molecule has 0 fully saturated rings. The summed E-state index contributed by atoms with van der Waals surface area (Å²) in [5, 5.41) is 10.8. The van der Waals surface area contributed by atoms with Crippen LogP contribution in [0.2, 0.25) is 0 Å². The highest BCUT2D eigenvalue weighted by atomic mass is 35.5. The lowest BCUT2D eigenvalue weighted by atomic mass is 10.0. The lowest BCUT2D eigenvalue weighted by Gasteiger charge is -2.15. The predicted octanol–water partition coefficient (Wildman–Crippen LogP) is 5.22. The average Bonchev–Trinajstić information content (AvgIpc) is 3.38. The molecule has 0 saturated carbocycles. The molecule has 3 aromatic heterocycles. The Morgan fingerprint density at radius 2 is 1.78 bits per heavy atom. The molecule has 1 atom stereocenters. The molecule has 0 unspecified atom stereocenters. The minimum absolute atomic E-state index is 0. The van der Waals surface area contributed by atoms with Crippen LogP contribution in [0, 0.1) is 11.6 Å². The van der Waals surface area contributed by atoms with Gasteiger partial charge in [-0.2, -0.15) is 5.10 Å². The molecule has 0 aliphatic carbocycles. The highest BCUT2D eigenvalue weighted by Crippen LogP contribution is 2.34. The molecular formula is C31H31ClF2N6O5. The largest absolute Gasteiger partial charge is 0.453 e. The van der Waals surface area contributed by atoms with Crippen LogP contribution in [0.15, 0.2) is 70.5 Å². The molecule has 0 aliphatic heterocycles. The highest BCUT2D eigenvalue weighted by molar-refractivity contribution is 5.97. The van der Waals surface area contributed by atoms with Crippen LogP contribution in [0.4, 0.5) is 14.6 Å². The fourth-order valence-corrected chi connectivity index (χ4v) is 4.72. The summed E-state index contributed by atoms with van der Waals surface area (Å²) in [6, 6.07) is 9.97. The zero-order valence-electron chi connectivity index (χ0n) is 24.8. The van der Waals surface area contributed by atoms with Gasteiger partial charge >= 0.3 is 5.69 Å². The minimum Gasteiger partial charge on any atom is -0.453 e. The first kappa shape index (κ1) is 33.0. The Hall–Kier alpha value is -4.88. The molecular weight excluding hydrogens is 610 g/mol. The van der Waals surface area contributed by atoms with Crippen LogP contribution < -0.4 is 21.3 Å². The number of Topliss-reactive ketones (excluding diaryl/α,β-unsaturated/α-hetero) is 1. The number of nitrogens with one attached hydrogen (secondary N) is 2. The number of methoxy groups -OCH3 is 1. The molecule has 0 spiro atoms. The maximum atomic E-state index is 15.3. The number of ether oxygens (including phenoxy) is 2. The Morgan fingerprint density at radius 1 is 1.04 bits per heavy atom. The number of carbonyl (C=O) groups excluding carboxylic acids is 1. The molecule has 2 aromatic carbocycles. The lowest BCUT2D eigenvalue weighted by molar-refractivity contribution is 0.0990. The summed E-state index contributed by atoms with van der Waals surface area (Å²) in [6.07, 6.45) is 2.39. The number of benzene rings is 2. The van der Waals surface area contributed by atoms with Gasteiger partial charge in [0.05, 0.1) is 12.3 Å². The van der Waals surface area contributed by atoms with Gasteiger partial charge in [-0.15, -0.1) is 12.4 Å². The third-order valence-electron chi connectivity index (χ3n) is 6.86. The third-order valence-corrected chi connectivity index (χ3v) is 6.86. The van der Waals surface area contributed by atoms with E-state index in [1.807, 2.05) is 6.92 Å². The van der Waals surface area contributed by atoms with Crippen molar-refractivity contribution in [2.24, 2.45) is 0 Å². The standard InChI is InChI=1S/C31H30F2N6O5.ClH/c1-17(2)38-15-22(30(41)39(31(38)42)21-8-6-20(32)7-9-21)24(40)14-19-5-10-25(23(33)13-19)44-26-11-12-34-28-27(26)29(37-36-28)35-18(3)16-43-4;/h5-13,15,17-18H,14,16H2,1-4H3,(H2,34,35,36,37);1H/t18-;/m1./s1. The Bertz CT molecular complexity index is 1960. The summed E-state index contributed by atoms with van der Waals surface area (Å²) >= 11 is 0. The van der Waals surface area contributed by atoms with Crippen molar-refractivity contribution in [1.29, 1.82) is 0 Å². The summed E-state index contributed by atoms with van der Waals surface area (Å²) in [5.74, 6) is -1.23. The van der Waals surface area contributed by atoms with Gasteiger partial charge in [-0.3, -0.25) is 19.3 Å². The number of aromatic amines is 1. The zero-order chi connectivity index (χ0) is 31.5. The first-order valence-corrected chi connectivity index (χ1v) is 13.8. The molecule has 0 bridgehead atoms. The Labute approximate surface area is 262 Å². The summed E-state index contributed by atoms with van der Waals surface area (Å²) in [6.45, 7) is 5.79. The molecule has 0 saturated heterocycles. The normalized spacial score (nSPS) is 11.8. The van der Waals surface area contributed by atoms with Gasteiger partial charge in [0.2, 0.25) is 0 Å². The van der Waals surface area contributed by atoms with Gasteiger partial charge in [-0.05, 0) is 62.7 Å². The monoisotopic (exact) mass is 640 g/mol. The van der Waals surface area contributed by atoms with Gasteiger partial charge in [0, 0.05) is 44.1 Å². The number of fused-ring (bicyclic) bond motifs is 1. The highest BCUT2D eigenvalue weighted by Gasteiger charge is 2.21. The molecule has 14 heteroatoms. The molecule has 5 aromatic rings. The third kappa shape index (κ3) is 6.94. The zero-order valence-corrected chi connectivity index (χ0v) is 25.7. The second-order valence-corrected chi connectivity index (χ2v) is 10.5. The molecule has 3 heterocycles. The van der Waals surface area contributed by atoms with E-state index in [9.17, 15) is 18.8 Å². The van der Waals surface area contributed by atoms with Gasteiger partial charge in [0.25, 0.3) is 5.56 Å². The Kier molecular flexibility index (Phi) is 10.1. The van der Waals surface area contributed by atoms with Crippen LogP contribution in [0.25, 0.3) is 16.7 Å². The number of anilines is 1. The van der Waals surface area contributed by atoms with Gasteiger partial charge in [-0.1, -0.05) is 6.07 Å². The maximum Gasteiger partial charge on any atom is 0.335 e. The fourth-order valence-electron chi connectivity index (χ4n) is 4.72. The number of carbonyl (C=O) groups is 1. The van der Waals surface area contributed by atoms with Crippen LogP contribution >= 0.6 is 12.4 Å². The smallest absolute Gasteiger partial charge is 0.335 e. The fraction of sp³-hybridized carbons (Fsp3) is 0.258. The van der Waals surface area contributed by atoms with Crippen LogP contribution in [-0.4, -0.2) is 49.9 Å². The quantitative estimate of drug-likeness (QED) is 0.188. The summed E-state index contributed by atoms with van der Waals surface area (Å²) in [4.78, 5) is 44.0. The van der Waals surface area contributed by atoms with E-state index in [1.165, 1.54) is 41.2 Å². The van der Waals surface area contributed by atoms with Gasteiger partial charge in [0.1, 0.15) is 22.5 Å². The van der Waals surface area contributed by atoms with E-state index in [4.69, 9.17) is 9.47 Å². The van der Waals surface area contributed by atoms with Crippen molar-refractivity contribution in [3.05, 3.63) is 105 Å². The van der Waals surface area contributed by atoms with E-state index in [0.717, 1.165) is 22.8 Å². The summed E-state index contributed by atoms with van der Waals surface area (Å²) in [7, 11) is 1.59. The van der Waals surface area contributed by atoms with E-state index in [1.54, 1.807) is 27.0 Å². The lowest BCUT2D eigenvalue weighted by Crippen LogP contribution is -2.42. The van der Waals surface area contributed by atoms with Crippen molar-refractivity contribution in [1.82, 2.24) is 24.3 Å². The van der Waals surface area contributed by atoms with Crippen molar-refractivity contribution < 1.29 is 23.0 Å². The van der Waals surface area contributed by atoms with Gasteiger partial charge in [-0.25, -0.2) is 23.1 Å². The van der Waals surface area contributed by atoms with E-state index >= 15 is 4.39 Å². The number of hydrogen-bond donors (Lipinski definition) is 2. The molecule has 0 radical (unpaired) electrons. The number of hydrogen-bond acceptors (Lipinski definition) is 8. The average molecular weight is 641 g/mol. The second-order valence-electron chi connectivity index (χ2n) is 10.5. The van der Waals surface area contributed by atoms with Crippen molar-refractivity contribution in [2.45, 2.75) is 39.3 Å². The topological polar surface area (TPSA) is 133 Å². The molecule has 236 valence electrons. The first-order chi connectivity index (χ1) is 21.1. The minimum atomic E-state index is -0.852. The van der Waals surface area contributed by atoms with E-state index < -0.39 is 28.7 Å². The molecule has 2 N–H and O–H groups in total. The van der Waals surface area contributed by atoms with Crippen molar-refractivity contribution in [3.8, 4) is 17.2 Å². The van der Waals surface area contributed by atoms with E-state index in [2.05, 4.69) is 20.5 Å². The van der Waals surface area contributed by atoms with Crippen molar-refractivity contribution in [3.63, 3.8) is 0 Å².